The van der Waals surface area contributed by atoms with E-state index >= 15 is 0 Å². The molecule has 1 fully saturated rings. The molecule has 35 heavy (non-hydrogen) atoms. The molecule has 9 heteroatoms. The van der Waals surface area contributed by atoms with Gasteiger partial charge in [0.05, 0.1) is 11.0 Å². The molecule has 0 aliphatic carbocycles. The standard InChI is InChI=1S/C26H29FN6O2/c1-16-13-17(24-29-21-14-19(27)7-9-22(21)32(24)3)6-8-20(16)30-26(35)33-11-4-5-18(15-33)23(34)25-28-10-12-31(25)2/h6-10,12-14,18,23,34H,4-5,11,15H2,1-3H3,(H,30,35). The Morgan fingerprint density at radius 3 is 2.80 bits per heavy atom. The topological polar surface area (TPSA) is 88.2 Å². The number of halogens is 1. The highest BCUT2D eigenvalue weighted by Gasteiger charge is 2.31. The summed E-state index contributed by atoms with van der Waals surface area (Å²) in [5.74, 6) is 0.965. The fourth-order valence-electron chi connectivity index (χ4n) is 4.89. The van der Waals surface area contributed by atoms with E-state index in [-0.39, 0.29) is 17.8 Å². The molecule has 0 saturated carbocycles. The van der Waals surface area contributed by atoms with E-state index in [1.54, 1.807) is 17.2 Å². The van der Waals surface area contributed by atoms with Crippen LogP contribution in [0.4, 0.5) is 14.9 Å². The van der Waals surface area contributed by atoms with Gasteiger partial charge in [-0.25, -0.2) is 19.2 Å². The number of hydrogen-bond donors (Lipinski definition) is 2. The van der Waals surface area contributed by atoms with Gasteiger partial charge < -0.3 is 24.5 Å². The summed E-state index contributed by atoms with van der Waals surface area (Å²) >= 11 is 0. The van der Waals surface area contributed by atoms with E-state index in [2.05, 4.69) is 15.3 Å². The number of aromatic nitrogens is 4. The van der Waals surface area contributed by atoms with Crippen molar-refractivity contribution in [2.24, 2.45) is 20.0 Å². The van der Waals surface area contributed by atoms with Gasteiger partial charge in [0.25, 0.3) is 0 Å². The molecule has 1 aliphatic rings. The Morgan fingerprint density at radius 2 is 2.06 bits per heavy atom. The molecule has 8 nitrogen and oxygen atoms in total. The van der Waals surface area contributed by atoms with Crippen LogP contribution < -0.4 is 5.32 Å². The van der Waals surface area contributed by atoms with Crippen molar-refractivity contribution in [3.05, 3.63) is 66.0 Å². The molecule has 4 aromatic rings. The second-order valence-electron chi connectivity index (χ2n) is 9.28. The van der Waals surface area contributed by atoms with Crippen molar-refractivity contribution in [1.82, 2.24) is 24.0 Å². The maximum atomic E-state index is 13.6. The number of carbonyl (C=O) groups excluding carboxylic acids is 1. The van der Waals surface area contributed by atoms with Crippen molar-refractivity contribution in [3.8, 4) is 11.4 Å². The molecule has 2 aromatic heterocycles. The first-order valence-corrected chi connectivity index (χ1v) is 11.8. The number of aliphatic hydroxyl groups excluding tert-OH is 1. The number of likely N-dealkylation sites (tertiary alicyclic amines) is 1. The average molecular weight is 477 g/mol. The third-order valence-corrected chi connectivity index (χ3v) is 6.88. The number of anilines is 1. The van der Waals surface area contributed by atoms with Crippen LogP contribution in [0.2, 0.25) is 0 Å². The van der Waals surface area contributed by atoms with E-state index in [0.717, 1.165) is 41.0 Å². The summed E-state index contributed by atoms with van der Waals surface area (Å²) in [5.41, 5.74) is 3.95. The van der Waals surface area contributed by atoms with Crippen molar-refractivity contribution in [2.45, 2.75) is 25.9 Å². The van der Waals surface area contributed by atoms with Gasteiger partial charge in [0.15, 0.2) is 0 Å². The number of benzene rings is 2. The molecule has 3 heterocycles. The number of amides is 2. The Labute approximate surface area is 203 Å². The zero-order chi connectivity index (χ0) is 24.7. The minimum Gasteiger partial charge on any atom is -0.385 e. The van der Waals surface area contributed by atoms with Crippen LogP contribution in [-0.4, -0.2) is 48.2 Å². The fourth-order valence-corrected chi connectivity index (χ4v) is 4.89. The highest BCUT2D eigenvalue weighted by Crippen LogP contribution is 2.30. The molecule has 1 saturated heterocycles. The Hall–Kier alpha value is -3.72. The summed E-state index contributed by atoms with van der Waals surface area (Å²) in [6.07, 6.45) is 4.43. The zero-order valence-corrected chi connectivity index (χ0v) is 20.1. The summed E-state index contributed by atoms with van der Waals surface area (Å²) in [5, 5.41) is 13.8. The third kappa shape index (κ3) is 4.39. The molecule has 182 valence electrons. The monoisotopic (exact) mass is 476 g/mol. The third-order valence-electron chi connectivity index (χ3n) is 6.88. The first kappa shape index (κ1) is 23.0. The predicted molar refractivity (Wildman–Crippen MR) is 132 cm³/mol. The van der Waals surface area contributed by atoms with Crippen LogP contribution in [0.5, 0.6) is 0 Å². The van der Waals surface area contributed by atoms with Crippen LogP contribution in [0.15, 0.2) is 48.8 Å². The van der Waals surface area contributed by atoms with E-state index in [4.69, 9.17) is 0 Å². The Morgan fingerprint density at radius 1 is 1.23 bits per heavy atom. The van der Waals surface area contributed by atoms with Crippen LogP contribution >= 0.6 is 0 Å². The smallest absolute Gasteiger partial charge is 0.321 e. The van der Waals surface area contributed by atoms with E-state index in [0.29, 0.717) is 24.4 Å². The highest BCUT2D eigenvalue weighted by atomic mass is 19.1. The number of aliphatic hydroxyl groups is 1. The van der Waals surface area contributed by atoms with E-state index in [1.165, 1.54) is 12.1 Å². The molecule has 2 atom stereocenters. The van der Waals surface area contributed by atoms with Crippen LogP contribution in [0.1, 0.15) is 30.3 Å². The highest BCUT2D eigenvalue weighted by molar-refractivity contribution is 5.91. The van der Waals surface area contributed by atoms with Crippen LogP contribution in [0.3, 0.4) is 0 Å². The van der Waals surface area contributed by atoms with Gasteiger partial charge in [-0.1, -0.05) is 0 Å². The lowest BCUT2D eigenvalue weighted by atomic mass is 9.92. The van der Waals surface area contributed by atoms with E-state index < -0.39 is 6.10 Å². The van der Waals surface area contributed by atoms with Gasteiger partial charge in [-0.05, 0) is 55.7 Å². The quantitative estimate of drug-likeness (QED) is 0.457. The number of piperidine rings is 1. The van der Waals surface area contributed by atoms with Gasteiger partial charge in [-0.15, -0.1) is 0 Å². The molecule has 2 amide bonds. The largest absolute Gasteiger partial charge is 0.385 e. The fraction of sp³-hybridized carbons (Fsp3) is 0.346. The summed E-state index contributed by atoms with van der Waals surface area (Å²) in [4.78, 5) is 23.7. The number of hydrogen-bond acceptors (Lipinski definition) is 4. The van der Waals surface area contributed by atoms with Crippen molar-refractivity contribution >= 4 is 22.8 Å². The molecule has 1 aliphatic heterocycles. The lowest BCUT2D eigenvalue weighted by Gasteiger charge is -2.35. The van der Waals surface area contributed by atoms with Crippen LogP contribution in [0, 0.1) is 18.7 Å². The minimum absolute atomic E-state index is 0.0681. The minimum atomic E-state index is -0.714. The van der Waals surface area contributed by atoms with Crippen molar-refractivity contribution in [2.75, 3.05) is 18.4 Å². The number of imidazole rings is 2. The number of nitrogens with one attached hydrogen (secondary N) is 1. The second-order valence-corrected chi connectivity index (χ2v) is 9.28. The van der Waals surface area contributed by atoms with Gasteiger partial charge in [0.2, 0.25) is 0 Å². The van der Waals surface area contributed by atoms with Gasteiger partial charge in [-0.2, -0.15) is 0 Å². The molecule has 2 aromatic carbocycles. The van der Waals surface area contributed by atoms with Crippen LogP contribution in [-0.2, 0) is 14.1 Å². The maximum Gasteiger partial charge on any atom is 0.321 e. The average Bonchev–Trinajstić information content (AvgIpc) is 3.42. The normalized spacial score (nSPS) is 17.1. The summed E-state index contributed by atoms with van der Waals surface area (Å²) < 4.78 is 17.4. The number of urea groups is 1. The molecule has 2 N–H and O–H groups in total. The zero-order valence-electron chi connectivity index (χ0n) is 20.1. The molecule has 0 radical (unpaired) electrons. The number of nitrogens with zero attached hydrogens (tertiary/aromatic N) is 5. The number of carbonyl (C=O) groups is 1. The Balaban J connectivity index is 1.30. The molecular formula is C26H29FN6O2. The molecular weight excluding hydrogens is 447 g/mol. The first-order valence-electron chi connectivity index (χ1n) is 11.8. The maximum absolute atomic E-state index is 13.6. The molecule has 2 unspecified atom stereocenters. The summed E-state index contributed by atoms with van der Waals surface area (Å²) in [6.45, 7) is 3.04. The Bertz CT molecular complexity index is 1390. The molecule has 0 spiro atoms. The summed E-state index contributed by atoms with van der Waals surface area (Å²) in [6, 6.07) is 10.1. The molecule has 5 rings (SSSR count). The van der Waals surface area contributed by atoms with Gasteiger partial charge in [-0.3, -0.25) is 0 Å². The van der Waals surface area contributed by atoms with Crippen molar-refractivity contribution < 1.29 is 14.3 Å². The first-order chi connectivity index (χ1) is 16.8. The molecule has 0 bridgehead atoms. The lowest BCUT2D eigenvalue weighted by molar-refractivity contribution is 0.0552. The Kier molecular flexibility index (Phi) is 6.02. The second kappa shape index (κ2) is 9.14. The van der Waals surface area contributed by atoms with Crippen molar-refractivity contribution in [3.63, 3.8) is 0 Å². The van der Waals surface area contributed by atoms with Gasteiger partial charge >= 0.3 is 6.03 Å². The number of aryl methyl sites for hydroxylation is 3. The van der Waals surface area contributed by atoms with Crippen LogP contribution in [0.25, 0.3) is 22.4 Å². The summed E-state index contributed by atoms with van der Waals surface area (Å²) in [7, 11) is 3.76. The predicted octanol–water partition coefficient (Wildman–Crippen LogP) is 4.40. The van der Waals surface area contributed by atoms with Crippen molar-refractivity contribution in [1.29, 1.82) is 0 Å². The SMILES string of the molecule is Cc1cc(-c2nc3cc(F)ccc3n2C)ccc1NC(=O)N1CCCC(C(O)c2nccn2C)C1. The van der Waals surface area contributed by atoms with Gasteiger partial charge in [0.1, 0.15) is 23.6 Å². The van der Waals surface area contributed by atoms with E-state index in [9.17, 15) is 14.3 Å². The number of rotatable bonds is 4. The number of fused-ring (bicyclic) bond motifs is 1. The lowest BCUT2D eigenvalue weighted by Crippen LogP contribution is -2.44. The van der Waals surface area contributed by atoms with E-state index in [1.807, 2.05) is 54.5 Å². The van der Waals surface area contributed by atoms with Gasteiger partial charge in [0, 0.05) is 62.8 Å².